The average Bonchev–Trinajstić information content (AvgIpc) is 3.23. The van der Waals surface area contributed by atoms with E-state index in [1.807, 2.05) is 0 Å². The minimum Gasteiger partial charge on any atom is -0.394 e. The van der Waals surface area contributed by atoms with Gasteiger partial charge in [0.05, 0.1) is 33.7 Å². The van der Waals surface area contributed by atoms with Crippen LogP contribution in [0.1, 0.15) is 43.1 Å². The Bertz CT molecular complexity index is 1030. The maximum atomic E-state index is 12.8. The molecule has 164 valence electrons. The third kappa shape index (κ3) is 3.32. The van der Waals surface area contributed by atoms with E-state index in [9.17, 15) is 9.32 Å². The number of aliphatic hydroxyl groups excluding tert-OH is 1. The van der Waals surface area contributed by atoms with Crippen LogP contribution in [0.3, 0.4) is 0 Å². The molecule has 4 heterocycles. The van der Waals surface area contributed by atoms with E-state index in [0.717, 1.165) is 61.6 Å². The van der Waals surface area contributed by atoms with Gasteiger partial charge in [-0.15, -0.1) is 0 Å². The van der Waals surface area contributed by atoms with Gasteiger partial charge in [0, 0.05) is 37.2 Å². The van der Waals surface area contributed by atoms with Gasteiger partial charge in [-0.25, -0.2) is 15.0 Å². The van der Waals surface area contributed by atoms with Gasteiger partial charge in [0.2, 0.25) is 5.95 Å². The second kappa shape index (κ2) is 7.35. The highest BCUT2D eigenvalue weighted by atomic mass is 35.5. The Labute approximate surface area is 188 Å². The first-order valence-electron chi connectivity index (χ1n) is 11.0. The molecule has 4 aliphatic rings. The van der Waals surface area contributed by atoms with Crippen molar-refractivity contribution in [2.75, 3.05) is 35.7 Å². The van der Waals surface area contributed by atoms with E-state index in [1.54, 1.807) is 12.4 Å². The van der Waals surface area contributed by atoms with Crippen molar-refractivity contribution in [3.63, 3.8) is 0 Å². The fourth-order valence-electron chi connectivity index (χ4n) is 5.34. The summed E-state index contributed by atoms with van der Waals surface area (Å²) in [5.41, 5.74) is 0.549. The summed E-state index contributed by atoms with van der Waals surface area (Å²) >= 11 is 5.92. The molecule has 8 nitrogen and oxygen atoms in total. The second-order valence-corrected chi connectivity index (χ2v) is 11.2. The summed E-state index contributed by atoms with van der Waals surface area (Å²) in [7, 11) is -1.10. The lowest BCUT2D eigenvalue weighted by Gasteiger charge is -2.42. The number of halogens is 1. The van der Waals surface area contributed by atoms with Crippen molar-refractivity contribution in [2.24, 2.45) is 11.8 Å². The summed E-state index contributed by atoms with van der Waals surface area (Å²) in [4.78, 5) is 21.5. The third-order valence-electron chi connectivity index (χ3n) is 7.31. The summed E-state index contributed by atoms with van der Waals surface area (Å²) in [6.07, 6.45) is 7.92. The summed E-state index contributed by atoms with van der Waals surface area (Å²) < 4.78 is 12.8. The number of anilines is 2. The Hall–Kier alpha value is -1.84. The van der Waals surface area contributed by atoms with Gasteiger partial charge >= 0.3 is 0 Å². The molecule has 0 amide bonds. The number of rotatable bonds is 5. The molecular formula is C21H25ClN6O2S. The SMILES string of the molecule is O=[S@]1CCCc2nc(N3C[C@@H]4C(c5ncc(Cl)cn5)[C@@H]4C3)nc(NC3(CO)CCC3)c21. The molecule has 1 unspecified atom stereocenters. The van der Waals surface area contributed by atoms with Gasteiger partial charge in [0.15, 0.2) is 0 Å². The number of aliphatic hydroxyl groups is 1. The molecule has 2 aliphatic heterocycles. The zero-order valence-corrected chi connectivity index (χ0v) is 18.7. The number of fused-ring (bicyclic) bond motifs is 2. The Kier molecular flexibility index (Phi) is 4.70. The lowest BCUT2D eigenvalue weighted by atomic mass is 9.77. The van der Waals surface area contributed by atoms with E-state index >= 15 is 0 Å². The van der Waals surface area contributed by atoms with E-state index in [1.165, 1.54) is 0 Å². The Morgan fingerprint density at radius 2 is 1.94 bits per heavy atom. The van der Waals surface area contributed by atoms with E-state index < -0.39 is 10.8 Å². The van der Waals surface area contributed by atoms with Gasteiger partial charge in [-0.3, -0.25) is 4.21 Å². The molecule has 31 heavy (non-hydrogen) atoms. The van der Waals surface area contributed by atoms with Crippen LogP contribution in [-0.2, 0) is 17.2 Å². The quantitative estimate of drug-likeness (QED) is 0.699. The molecule has 4 atom stereocenters. The molecule has 2 saturated carbocycles. The lowest BCUT2D eigenvalue weighted by Crippen LogP contribution is -2.49. The first kappa shape index (κ1) is 19.8. The Morgan fingerprint density at radius 1 is 1.19 bits per heavy atom. The topological polar surface area (TPSA) is 104 Å². The highest BCUT2D eigenvalue weighted by Crippen LogP contribution is 2.57. The van der Waals surface area contributed by atoms with E-state index in [-0.39, 0.29) is 12.1 Å². The van der Waals surface area contributed by atoms with E-state index in [0.29, 0.717) is 40.3 Å². The van der Waals surface area contributed by atoms with Crippen LogP contribution >= 0.6 is 11.6 Å². The zero-order valence-electron chi connectivity index (χ0n) is 17.1. The molecule has 10 heteroatoms. The molecule has 0 aromatic carbocycles. The van der Waals surface area contributed by atoms with Crippen molar-refractivity contribution in [1.29, 1.82) is 0 Å². The van der Waals surface area contributed by atoms with Crippen LogP contribution in [0.15, 0.2) is 17.3 Å². The average molecular weight is 461 g/mol. The van der Waals surface area contributed by atoms with Crippen LogP contribution in [0.4, 0.5) is 11.8 Å². The molecule has 3 fully saturated rings. The molecule has 2 aromatic heterocycles. The molecule has 1 saturated heterocycles. The predicted molar refractivity (Wildman–Crippen MR) is 118 cm³/mol. The van der Waals surface area contributed by atoms with Crippen LogP contribution in [0.25, 0.3) is 0 Å². The molecule has 0 bridgehead atoms. The van der Waals surface area contributed by atoms with Gasteiger partial charge in [-0.1, -0.05) is 11.6 Å². The number of nitrogens with zero attached hydrogens (tertiary/aromatic N) is 5. The fourth-order valence-corrected chi connectivity index (χ4v) is 6.77. The number of piperidine rings is 1. The number of hydrogen-bond donors (Lipinski definition) is 2. The molecular weight excluding hydrogens is 436 g/mol. The number of nitrogens with one attached hydrogen (secondary N) is 1. The third-order valence-corrected chi connectivity index (χ3v) is 9.05. The smallest absolute Gasteiger partial charge is 0.227 e. The highest BCUT2D eigenvalue weighted by molar-refractivity contribution is 7.85. The van der Waals surface area contributed by atoms with Crippen molar-refractivity contribution in [3.05, 3.63) is 28.9 Å². The highest BCUT2D eigenvalue weighted by Gasteiger charge is 2.58. The Balaban J connectivity index is 1.26. The van der Waals surface area contributed by atoms with Gasteiger partial charge in [-0.2, -0.15) is 4.98 Å². The summed E-state index contributed by atoms with van der Waals surface area (Å²) in [5, 5.41) is 14.0. The summed E-state index contributed by atoms with van der Waals surface area (Å²) in [5.74, 6) is 4.26. The van der Waals surface area contributed by atoms with Crippen molar-refractivity contribution in [3.8, 4) is 0 Å². The van der Waals surface area contributed by atoms with Gasteiger partial charge in [0.25, 0.3) is 0 Å². The molecule has 2 aliphatic carbocycles. The number of aryl methyl sites for hydroxylation is 1. The first-order chi connectivity index (χ1) is 15.1. The summed E-state index contributed by atoms with van der Waals surface area (Å²) in [6, 6.07) is 0. The van der Waals surface area contributed by atoms with Crippen molar-refractivity contribution < 1.29 is 9.32 Å². The van der Waals surface area contributed by atoms with Gasteiger partial charge in [-0.05, 0) is 43.9 Å². The van der Waals surface area contributed by atoms with Crippen LogP contribution < -0.4 is 10.2 Å². The van der Waals surface area contributed by atoms with Crippen LogP contribution in [-0.4, -0.2) is 60.2 Å². The molecule has 6 rings (SSSR count). The number of hydrogen-bond acceptors (Lipinski definition) is 8. The van der Waals surface area contributed by atoms with E-state index in [2.05, 4.69) is 20.2 Å². The normalized spacial score (nSPS) is 30.3. The van der Waals surface area contributed by atoms with Crippen LogP contribution in [0, 0.1) is 11.8 Å². The molecule has 0 spiro atoms. The van der Waals surface area contributed by atoms with Crippen molar-refractivity contribution >= 4 is 34.2 Å². The molecule has 2 N–H and O–H groups in total. The lowest BCUT2D eigenvalue weighted by molar-refractivity contribution is 0.143. The monoisotopic (exact) mass is 460 g/mol. The van der Waals surface area contributed by atoms with Crippen molar-refractivity contribution in [1.82, 2.24) is 19.9 Å². The van der Waals surface area contributed by atoms with Crippen LogP contribution in [0.2, 0.25) is 5.02 Å². The largest absolute Gasteiger partial charge is 0.394 e. The van der Waals surface area contributed by atoms with Crippen LogP contribution in [0.5, 0.6) is 0 Å². The second-order valence-electron chi connectivity index (χ2n) is 9.24. The van der Waals surface area contributed by atoms with Crippen molar-refractivity contribution in [2.45, 2.75) is 48.5 Å². The Morgan fingerprint density at radius 3 is 2.58 bits per heavy atom. The van der Waals surface area contributed by atoms with E-state index in [4.69, 9.17) is 21.6 Å². The molecule has 0 radical (unpaired) electrons. The van der Waals surface area contributed by atoms with Gasteiger partial charge < -0.3 is 15.3 Å². The standard InChI is InChI=1S/C21H25ClN6O2S/c22-12-7-23-18(24-8-12)16-13-9-28(10-14(13)16)20-25-15-3-1-6-31(30)17(15)19(26-20)27-21(11-29)4-2-5-21/h7-8,13-14,16,29H,1-6,9-11H2,(H,25,26,27)/t13-,14+,16?,31-/m0/s1. The minimum absolute atomic E-state index is 0.0599. The van der Waals surface area contributed by atoms with Gasteiger partial charge in [0.1, 0.15) is 16.5 Å². The maximum absolute atomic E-state index is 12.8. The molecule has 2 aromatic rings. The predicted octanol–water partition coefficient (Wildman–Crippen LogP) is 2.15. The maximum Gasteiger partial charge on any atom is 0.227 e. The summed E-state index contributed by atoms with van der Waals surface area (Å²) in [6.45, 7) is 1.80. The zero-order chi connectivity index (χ0) is 21.2. The number of aromatic nitrogens is 4. The first-order valence-corrected chi connectivity index (χ1v) is 12.7. The fraction of sp³-hybridized carbons (Fsp3) is 0.619. The minimum atomic E-state index is -1.10.